The van der Waals surface area contributed by atoms with E-state index in [-0.39, 0.29) is 34.5 Å². The number of nitriles is 1. The molecule has 0 saturated carbocycles. The maximum Gasteiger partial charge on any atom is 0.228 e. The van der Waals surface area contributed by atoms with Gasteiger partial charge in [-0.3, -0.25) is 4.79 Å². The van der Waals surface area contributed by atoms with Crippen LogP contribution in [-0.4, -0.2) is 10.2 Å². The fraction of sp³-hybridized carbons (Fsp3) is 0.125. The molecular formula is C16H12N2O5. The number of aliphatic hydroxyl groups is 1. The van der Waals surface area contributed by atoms with Crippen LogP contribution in [0.15, 0.2) is 51.0 Å². The van der Waals surface area contributed by atoms with E-state index in [1.165, 1.54) is 12.1 Å². The Bertz CT molecular complexity index is 907. The van der Waals surface area contributed by atoms with Gasteiger partial charge in [0.2, 0.25) is 17.1 Å². The van der Waals surface area contributed by atoms with Gasteiger partial charge in [0.25, 0.3) is 0 Å². The van der Waals surface area contributed by atoms with Crippen LogP contribution < -0.4 is 15.9 Å². The normalized spacial score (nSPS) is 16.4. The number of hydrogen-bond acceptors (Lipinski definition) is 7. The molecular weight excluding hydrogens is 300 g/mol. The predicted molar refractivity (Wildman–Crippen MR) is 78.3 cm³/mol. The van der Waals surface area contributed by atoms with Gasteiger partial charge in [-0.2, -0.15) is 5.26 Å². The number of nitrogens with two attached hydrogens (primary N) is 1. The van der Waals surface area contributed by atoms with Gasteiger partial charge in [-0.05, 0) is 17.7 Å². The van der Waals surface area contributed by atoms with E-state index in [0.29, 0.717) is 5.56 Å². The number of aliphatic hydroxyl groups excluding tert-OH is 1. The molecule has 4 N–H and O–H groups in total. The number of allylic oxidation sites excluding steroid dienone is 1. The predicted octanol–water partition coefficient (Wildman–Crippen LogP) is 1.06. The van der Waals surface area contributed by atoms with Gasteiger partial charge < -0.3 is 25.1 Å². The molecule has 3 rings (SSSR count). The second-order valence-corrected chi connectivity index (χ2v) is 4.95. The third-order valence-corrected chi connectivity index (χ3v) is 3.49. The fourth-order valence-corrected chi connectivity index (χ4v) is 2.50. The first kappa shape index (κ1) is 14.7. The Labute approximate surface area is 130 Å². The van der Waals surface area contributed by atoms with Crippen LogP contribution in [0.3, 0.4) is 0 Å². The molecule has 1 aliphatic rings. The molecule has 1 aliphatic heterocycles. The highest BCUT2D eigenvalue weighted by Crippen LogP contribution is 2.41. The van der Waals surface area contributed by atoms with Crippen LogP contribution in [0, 0.1) is 11.3 Å². The van der Waals surface area contributed by atoms with E-state index in [0.717, 1.165) is 6.07 Å². The smallest absolute Gasteiger partial charge is 0.228 e. The third kappa shape index (κ3) is 2.41. The van der Waals surface area contributed by atoms with Crippen molar-refractivity contribution in [2.24, 2.45) is 5.73 Å². The number of phenols is 1. The number of ether oxygens (including phenoxy) is 1. The molecule has 7 nitrogen and oxygen atoms in total. The first-order valence-electron chi connectivity index (χ1n) is 6.69. The summed E-state index contributed by atoms with van der Waals surface area (Å²) in [5.41, 5.74) is 5.80. The van der Waals surface area contributed by atoms with Crippen molar-refractivity contribution in [3.63, 3.8) is 0 Å². The topological polar surface area (TPSA) is 130 Å². The van der Waals surface area contributed by atoms with E-state index < -0.39 is 18.0 Å². The van der Waals surface area contributed by atoms with Crippen LogP contribution in [0.5, 0.6) is 11.5 Å². The average Bonchev–Trinajstić information content (AvgIpc) is 2.54. The lowest BCUT2D eigenvalue weighted by atomic mass is 9.87. The molecule has 0 saturated heterocycles. The molecule has 1 aromatic carbocycles. The van der Waals surface area contributed by atoms with Crippen molar-refractivity contribution in [2.45, 2.75) is 12.5 Å². The number of fused-ring (bicyclic) bond motifs is 1. The number of nitrogens with zero attached hydrogens (tertiary/aromatic N) is 1. The standard InChI is InChI=1S/C16H12N2O5/c17-6-11-13(8-2-1-3-9(20)4-8)15-14(23-16(11)18)12(21)5-10(7-19)22-15/h1-5,13,19-20H,7,18H2/t13-/m0/s1. The monoisotopic (exact) mass is 312 g/mol. The van der Waals surface area contributed by atoms with Gasteiger partial charge in [0.15, 0.2) is 5.76 Å². The summed E-state index contributed by atoms with van der Waals surface area (Å²) in [5.74, 6) is -1.04. The summed E-state index contributed by atoms with van der Waals surface area (Å²) in [6, 6.07) is 9.22. The molecule has 0 fully saturated rings. The van der Waals surface area contributed by atoms with Gasteiger partial charge in [0.05, 0.1) is 5.92 Å². The fourth-order valence-electron chi connectivity index (χ4n) is 2.50. The summed E-state index contributed by atoms with van der Waals surface area (Å²) in [6.45, 7) is -0.476. The van der Waals surface area contributed by atoms with Crippen molar-refractivity contribution in [2.75, 3.05) is 0 Å². The Morgan fingerprint density at radius 3 is 2.78 bits per heavy atom. The minimum Gasteiger partial charge on any atom is -0.508 e. The van der Waals surface area contributed by atoms with E-state index in [2.05, 4.69) is 0 Å². The van der Waals surface area contributed by atoms with Crippen molar-refractivity contribution >= 4 is 0 Å². The number of rotatable bonds is 2. The molecule has 2 heterocycles. The maximum absolute atomic E-state index is 12.1. The number of hydrogen-bond donors (Lipinski definition) is 3. The zero-order valence-electron chi connectivity index (χ0n) is 11.8. The first-order valence-corrected chi connectivity index (χ1v) is 6.69. The first-order chi connectivity index (χ1) is 11.0. The lowest BCUT2D eigenvalue weighted by Gasteiger charge is -2.24. The number of benzene rings is 1. The molecule has 0 amide bonds. The van der Waals surface area contributed by atoms with Crippen LogP contribution in [0.4, 0.5) is 0 Å². The van der Waals surface area contributed by atoms with Crippen LogP contribution in [0.25, 0.3) is 0 Å². The third-order valence-electron chi connectivity index (χ3n) is 3.49. The summed E-state index contributed by atoms with van der Waals surface area (Å²) in [5, 5.41) is 28.3. The minimum atomic E-state index is -0.810. The van der Waals surface area contributed by atoms with Gasteiger partial charge in [-0.15, -0.1) is 0 Å². The summed E-state index contributed by atoms with van der Waals surface area (Å²) in [4.78, 5) is 12.1. The second kappa shape index (κ2) is 5.51. The highest BCUT2D eigenvalue weighted by molar-refractivity contribution is 5.52. The molecule has 0 bridgehead atoms. The van der Waals surface area contributed by atoms with E-state index in [9.17, 15) is 20.3 Å². The zero-order chi connectivity index (χ0) is 16.6. The van der Waals surface area contributed by atoms with Crippen LogP contribution in [0.1, 0.15) is 23.0 Å². The van der Waals surface area contributed by atoms with E-state index in [1.54, 1.807) is 12.1 Å². The summed E-state index contributed by atoms with van der Waals surface area (Å²) in [6.07, 6.45) is 0. The van der Waals surface area contributed by atoms with Crippen molar-refractivity contribution in [3.05, 3.63) is 69.1 Å². The maximum atomic E-state index is 12.1. The molecule has 116 valence electrons. The van der Waals surface area contributed by atoms with E-state index >= 15 is 0 Å². The second-order valence-electron chi connectivity index (χ2n) is 4.95. The molecule has 0 unspecified atom stereocenters. The van der Waals surface area contributed by atoms with Crippen molar-refractivity contribution in [1.82, 2.24) is 0 Å². The molecule has 0 aliphatic carbocycles. The van der Waals surface area contributed by atoms with Crippen molar-refractivity contribution in [3.8, 4) is 17.6 Å². The van der Waals surface area contributed by atoms with E-state index in [1.807, 2.05) is 6.07 Å². The van der Waals surface area contributed by atoms with Gasteiger partial charge in [-0.25, -0.2) is 0 Å². The Balaban J connectivity index is 2.31. The van der Waals surface area contributed by atoms with Crippen molar-refractivity contribution < 1.29 is 19.4 Å². The highest BCUT2D eigenvalue weighted by Gasteiger charge is 2.35. The molecule has 1 aromatic heterocycles. The summed E-state index contributed by atoms with van der Waals surface area (Å²) >= 11 is 0. The molecule has 7 heteroatoms. The lowest BCUT2D eigenvalue weighted by molar-refractivity contribution is 0.231. The summed E-state index contributed by atoms with van der Waals surface area (Å²) < 4.78 is 10.8. The molecule has 1 atom stereocenters. The highest BCUT2D eigenvalue weighted by atomic mass is 16.5. The van der Waals surface area contributed by atoms with Crippen molar-refractivity contribution in [1.29, 1.82) is 5.26 Å². The van der Waals surface area contributed by atoms with Gasteiger partial charge in [-0.1, -0.05) is 12.1 Å². The zero-order valence-corrected chi connectivity index (χ0v) is 11.8. The summed E-state index contributed by atoms with van der Waals surface area (Å²) in [7, 11) is 0. The van der Waals surface area contributed by atoms with E-state index in [4.69, 9.17) is 14.9 Å². The average molecular weight is 312 g/mol. The number of aromatic hydroxyl groups is 1. The van der Waals surface area contributed by atoms with Crippen LogP contribution in [0.2, 0.25) is 0 Å². The Morgan fingerprint density at radius 1 is 1.35 bits per heavy atom. The van der Waals surface area contributed by atoms with Gasteiger partial charge in [0, 0.05) is 6.07 Å². The van der Waals surface area contributed by atoms with Gasteiger partial charge in [0.1, 0.15) is 29.8 Å². The molecule has 0 spiro atoms. The quantitative estimate of drug-likeness (QED) is 0.755. The van der Waals surface area contributed by atoms with Gasteiger partial charge >= 0.3 is 0 Å². The molecule has 2 aromatic rings. The number of phenolic OH excluding ortho intramolecular Hbond substituents is 1. The SMILES string of the molecule is N#CC1=C(N)Oc2c(oc(CO)cc2=O)[C@H]1c1cccc(O)c1. The largest absolute Gasteiger partial charge is 0.508 e. The Hall–Kier alpha value is -3.24. The Morgan fingerprint density at radius 2 is 2.13 bits per heavy atom. The molecule has 23 heavy (non-hydrogen) atoms. The van der Waals surface area contributed by atoms with Crippen LogP contribution >= 0.6 is 0 Å². The Kier molecular flexibility index (Phi) is 3.52. The molecule has 0 radical (unpaired) electrons. The lowest BCUT2D eigenvalue weighted by Crippen LogP contribution is -2.25. The minimum absolute atomic E-state index is 0.00735. The van der Waals surface area contributed by atoms with Crippen LogP contribution in [-0.2, 0) is 6.61 Å².